The molecular formula is C22H31FN4O+2. The lowest BCUT2D eigenvalue weighted by molar-refractivity contribution is -0.898. The Bertz CT molecular complexity index is 772. The molecule has 150 valence electrons. The van der Waals surface area contributed by atoms with E-state index in [1.807, 2.05) is 25.2 Å². The molecule has 1 atom stereocenters. The minimum absolute atomic E-state index is 0.0678. The van der Waals surface area contributed by atoms with E-state index in [9.17, 15) is 9.18 Å². The van der Waals surface area contributed by atoms with Gasteiger partial charge < -0.3 is 20.0 Å². The third-order valence-corrected chi connectivity index (χ3v) is 5.40. The number of anilines is 2. The van der Waals surface area contributed by atoms with Gasteiger partial charge in [-0.25, -0.2) is 4.39 Å². The molecule has 2 aromatic carbocycles. The average molecular weight is 387 g/mol. The molecule has 5 nitrogen and oxygen atoms in total. The summed E-state index contributed by atoms with van der Waals surface area (Å²) < 4.78 is 13.7. The first-order valence-corrected chi connectivity index (χ1v) is 10.1. The molecule has 28 heavy (non-hydrogen) atoms. The maximum atomic E-state index is 13.7. The van der Waals surface area contributed by atoms with Gasteiger partial charge in [-0.1, -0.05) is 18.2 Å². The Labute approximate surface area is 166 Å². The maximum absolute atomic E-state index is 13.7. The van der Waals surface area contributed by atoms with E-state index in [2.05, 4.69) is 29.3 Å². The minimum Gasteiger partial charge on any atom is -0.360 e. The number of quaternary nitrogens is 2. The monoisotopic (exact) mass is 386 g/mol. The van der Waals surface area contributed by atoms with Crippen molar-refractivity contribution < 1.29 is 19.0 Å². The maximum Gasteiger partial charge on any atom is 0.279 e. The van der Waals surface area contributed by atoms with Crippen LogP contribution in [0.3, 0.4) is 0 Å². The second-order valence-corrected chi connectivity index (χ2v) is 7.59. The quantitative estimate of drug-likeness (QED) is 0.637. The van der Waals surface area contributed by atoms with Crippen molar-refractivity contribution in [3.63, 3.8) is 0 Å². The second kappa shape index (κ2) is 9.66. The molecular weight excluding hydrogens is 355 g/mol. The summed E-state index contributed by atoms with van der Waals surface area (Å²) in [6.45, 7) is 8.67. The van der Waals surface area contributed by atoms with Gasteiger partial charge >= 0.3 is 0 Å². The minimum atomic E-state index is -0.223. The standard InChI is InChI=1S/C22H29FN4O/c1-3-26-12-14-27(15-13-26)20-10-8-19(9-11-20)24-22(28)17-25(2)16-18-6-4-5-7-21(18)23/h4-11H,3,12-17H2,1-2H3,(H,24,28)/p+2. The fraction of sp³-hybridized carbons (Fsp3) is 0.409. The molecule has 0 bridgehead atoms. The van der Waals surface area contributed by atoms with Crippen molar-refractivity contribution >= 4 is 17.3 Å². The normalized spacial score (nSPS) is 16.0. The number of amides is 1. The summed E-state index contributed by atoms with van der Waals surface area (Å²) in [5.74, 6) is -0.291. The lowest BCUT2D eigenvalue weighted by Gasteiger charge is -2.33. The van der Waals surface area contributed by atoms with Gasteiger partial charge in [-0.05, 0) is 37.3 Å². The number of rotatable bonds is 7. The van der Waals surface area contributed by atoms with Crippen LogP contribution in [0.1, 0.15) is 12.5 Å². The van der Waals surface area contributed by atoms with Gasteiger partial charge in [0.15, 0.2) is 6.54 Å². The molecule has 0 saturated carbocycles. The first kappa shape index (κ1) is 20.3. The molecule has 1 aliphatic rings. The molecule has 0 aliphatic carbocycles. The van der Waals surface area contributed by atoms with E-state index < -0.39 is 0 Å². The number of nitrogens with zero attached hydrogens (tertiary/aromatic N) is 1. The highest BCUT2D eigenvalue weighted by Crippen LogP contribution is 2.17. The zero-order valence-corrected chi connectivity index (χ0v) is 16.8. The molecule has 3 rings (SSSR count). The summed E-state index contributed by atoms with van der Waals surface area (Å²) in [5.41, 5.74) is 2.63. The topological polar surface area (TPSA) is 41.2 Å². The summed E-state index contributed by atoms with van der Waals surface area (Å²) in [6, 6.07) is 14.8. The lowest BCUT2D eigenvalue weighted by atomic mass is 10.2. The first-order valence-electron chi connectivity index (χ1n) is 10.1. The Morgan fingerprint density at radius 2 is 1.82 bits per heavy atom. The molecule has 1 fully saturated rings. The zero-order valence-electron chi connectivity index (χ0n) is 16.8. The van der Waals surface area contributed by atoms with E-state index in [1.165, 1.54) is 31.4 Å². The fourth-order valence-corrected chi connectivity index (χ4v) is 3.70. The van der Waals surface area contributed by atoms with Crippen LogP contribution in [0.4, 0.5) is 15.8 Å². The van der Waals surface area contributed by atoms with Crippen LogP contribution in [0.5, 0.6) is 0 Å². The molecule has 0 radical (unpaired) electrons. The predicted octanol–water partition coefficient (Wildman–Crippen LogP) is 0.204. The number of benzene rings is 2. The number of nitrogens with one attached hydrogen (secondary N) is 3. The van der Waals surface area contributed by atoms with E-state index in [-0.39, 0.29) is 18.3 Å². The van der Waals surface area contributed by atoms with Crippen LogP contribution in [0.2, 0.25) is 0 Å². The predicted molar refractivity (Wildman–Crippen MR) is 110 cm³/mol. The number of hydrogen-bond donors (Lipinski definition) is 3. The van der Waals surface area contributed by atoms with Gasteiger partial charge in [0.25, 0.3) is 5.91 Å². The van der Waals surface area contributed by atoms with Gasteiger partial charge in [0, 0.05) is 16.9 Å². The Morgan fingerprint density at radius 1 is 1.14 bits per heavy atom. The van der Waals surface area contributed by atoms with E-state index in [4.69, 9.17) is 0 Å². The second-order valence-electron chi connectivity index (χ2n) is 7.59. The molecule has 1 saturated heterocycles. The molecule has 1 aliphatic heterocycles. The summed E-state index contributed by atoms with van der Waals surface area (Å²) in [6.07, 6.45) is 0. The van der Waals surface area contributed by atoms with Crippen molar-refractivity contribution in [3.05, 3.63) is 59.9 Å². The number of carbonyl (C=O) groups is 1. The zero-order chi connectivity index (χ0) is 19.9. The van der Waals surface area contributed by atoms with Crippen LogP contribution < -0.4 is 20.0 Å². The van der Waals surface area contributed by atoms with Gasteiger partial charge in [-0.2, -0.15) is 0 Å². The van der Waals surface area contributed by atoms with Crippen molar-refractivity contribution in [1.29, 1.82) is 0 Å². The van der Waals surface area contributed by atoms with Crippen LogP contribution in [0.15, 0.2) is 48.5 Å². The summed E-state index contributed by atoms with van der Waals surface area (Å²) >= 11 is 0. The van der Waals surface area contributed by atoms with Gasteiger partial charge in [0.2, 0.25) is 0 Å². The summed E-state index contributed by atoms with van der Waals surface area (Å²) in [4.78, 5) is 17.3. The van der Waals surface area contributed by atoms with Crippen molar-refractivity contribution in [2.24, 2.45) is 0 Å². The van der Waals surface area contributed by atoms with Gasteiger partial charge in [0.05, 0.1) is 39.8 Å². The number of likely N-dealkylation sites (N-methyl/N-ethyl adjacent to an activating group) is 2. The Hall–Kier alpha value is -2.44. The highest BCUT2D eigenvalue weighted by Gasteiger charge is 2.18. The molecule has 6 heteroatoms. The Kier molecular flexibility index (Phi) is 7.01. The van der Waals surface area contributed by atoms with E-state index in [1.54, 1.807) is 17.0 Å². The number of carbonyl (C=O) groups excluding carboxylic acids is 1. The van der Waals surface area contributed by atoms with Crippen molar-refractivity contribution in [2.75, 3.05) is 56.5 Å². The van der Waals surface area contributed by atoms with Crippen molar-refractivity contribution in [2.45, 2.75) is 13.5 Å². The SMILES string of the molecule is CC[NH+]1CCN(c2ccc(NC(=O)C[NH+](C)Cc3ccccc3F)cc2)CC1. The molecule has 3 N–H and O–H groups in total. The molecule has 1 amide bonds. The fourth-order valence-electron chi connectivity index (χ4n) is 3.70. The van der Waals surface area contributed by atoms with Crippen molar-refractivity contribution in [1.82, 2.24) is 0 Å². The third kappa shape index (κ3) is 5.53. The molecule has 1 heterocycles. The van der Waals surface area contributed by atoms with Crippen LogP contribution in [-0.4, -0.2) is 52.2 Å². The van der Waals surface area contributed by atoms with E-state index in [0.29, 0.717) is 12.1 Å². The van der Waals surface area contributed by atoms with Gasteiger partial charge in [-0.15, -0.1) is 0 Å². The van der Waals surface area contributed by atoms with E-state index >= 15 is 0 Å². The van der Waals surface area contributed by atoms with Crippen molar-refractivity contribution in [3.8, 4) is 0 Å². The molecule has 0 spiro atoms. The molecule has 0 aromatic heterocycles. The van der Waals surface area contributed by atoms with Crippen LogP contribution in [0, 0.1) is 5.82 Å². The highest BCUT2D eigenvalue weighted by atomic mass is 19.1. The Morgan fingerprint density at radius 3 is 2.46 bits per heavy atom. The molecule has 1 unspecified atom stereocenters. The largest absolute Gasteiger partial charge is 0.360 e. The van der Waals surface area contributed by atoms with Crippen LogP contribution in [0.25, 0.3) is 0 Å². The smallest absolute Gasteiger partial charge is 0.279 e. The van der Waals surface area contributed by atoms with Gasteiger partial charge in [-0.3, -0.25) is 4.79 Å². The number of hydrogen-bond acceptors (Lipinski definition) is 2. The van der Waals surface area contributed by atoms with Crippen LogP contribution >= 0.6 is 0 Å². The van der Waals surface area contributed by atoms with E-state index in [0.717, 1.165) is 23.7 Å². The third-order valence-electron chi connectivity index (χ3n) is 5.40. The summed E-state index contributed by atoms with van der Waals surface area (Å²) in [5, 5.41) is 2.94. The first-order chi connectivity index (χ1) is 13.5. The lowest BCUT2D eigenvalue weighted by Crippen LogP contribution is -3.14. The average Bonchev–Trinajstić information content (AvgIpc) is 2.70. The number of piperazine rings is 1. The number of halogens is 1. The van der Waals surface area contributed by atoms with Gasteiger partial charge in [0.1, 0.15) is 12.4 Å². The highest BCUT2D eigenvalue weighted by molar-refractivity contribution is 5.91. The molecule has 2 aromatic rings. The van der Waals surface area contributed by atoms with Crippen LogP contribution in [-0.2, 0) is 11.3 Å². The summed E-state index contributed by atoms with van der Waals surface area (Å²) in [7, 11) is 1.90. The Balaban J connectivity index is 1.48.